The van der Waals surface area contributed by atoms with Crippen molar-refractivity contribution in [2.45, 2.75) is 26.7 Å². The van der Waals surface area contributed by atoms with Gasteiger partial charge in [0.15, 0.2) is 0 Å². The molecule has 80 valence electrons. The second kappa shape index (κ2) is 3.10. The number of carboxylic acids is 1. The third-order valence-electron chi connectivity index (χ3n) is 3.68. The normalized spacial score (nSPS) is 33.3. The fraction of sp³-hybridized carbons (Fsp3) is 0.667. The summed E-state index contributed by atoms with van der Waals surface area (Å²) >= 11 is 0. The summed E-state index contributed by atoms with van der Waals surface area (Å²) in [7, 11) is 0. The zero-order chi connectivity index (χ0) is 11.2. The molecule has 2 aliphatic rings. The van der Waals surface area contributed by atoms with Crippen molar-refractivity contribution in [3.05, 3.63) is 11.6 Å². The third kappa shape index (κ3) is 1.65. The van der Waals surface area contributed by atoms with E-state index in [1.54, 1.807) is 0 Å². The van der Waals surface area contributed by atoms with Crippen molar-refractivity contribution in [2.24, 2.45) is 23.2 Å². The Morgan fingerprint density at radius 2 is 2.13 bits per heavy atom. The minimum Gasteiger partial charge on any atom is -0.481 e. The Bertz CT molecular complexity index is 372. The van der Waals surface area contributed by atoms with Gasteiger partial charge >= 0.3 is 5.97 Å². The molecular weight excluding hydrogens is 190 g/mol. The van der Waals surface area contributed by atoms with Crippen molar-refractivity contribution < 1.29 is 9.90 Å². The molecule has 2 saturated carbocycles. The van der Waals surface area contributed by atoms with Gasteiger partial charge in [-0.1, -0.05) is 19.9 Å². The molecule has 1 N–H and O–H groups in total. The summed E-state index contributed by atoms with van der Waals surface area (Å²) in [5, 5.41) is 17.9. The summed E-state index contributed by atoms with van der Waals surface area (Å²) in [6.45, 7) is 3.91. The Labute approximate surface area is 89.4 Å². The van der Waals surface area contributed by atoms with Crippen LogP contribution in [-0.4, -0.2) is 11.1 Å². The molecule has 3 nitrogen and oxygen atoms in total. The van der Waals surface area contributed by atoms with Gasteiger partial charge in [-0.2, -0.15) is 5.26 Å². The van der Waals surface area contributed by atoms with Gasteiger partial charge in [-0.15, -0.1) is 0 Å². The molecule has 0 bridgehead atoms. The highest BCUT2D eigenvalue weighted by atomic mass is 16.4. The fourth-order valence-electron chi connectivity index (χ4n) is 2.31. The van der Waals surface area contributed by atoms with Crippen molar-refractivity contribution in [3.8, 4) is 6.07 Å². The number of allylic oxidation sites excluding steroid dienone is 2. The summed E-state index contributed by atoms with van der Waals surface area (Å²) in [5.74, 6) is -0.583. The van der Waals surface area contributed by atoms with E-state index in [0.717, 1.165) is 18.4 Å². The number of aliphatic carboxylic acids is 1. The zero-order valence-electron chi connectivity index (χ0n) is 9.03. The van der Waals surface area contributed by atoms with Crippen molar-refractivity contribution in [1.82, 2.24) is 0 Å². The van der Waals surface area contributed by atoms with Crippen LogP contribution in [-0.2, 0) is 4.79 Å². The summed E-state index contributed by atoms with van der Waals surface area (Å²) < 4.78 is 0. The van der Waals surface area contributed by atoms with Crippen LogP contribution in [0, 0.1) is 34.5 Å². The Hall–Kier alpha value is -1.30. The number of carboxylic acid groups (broad SMARTS) is 1. The first-order valence-electron chi connectivity index (χ1n) is 5.33. The lowest BCUT2D eigenvalue weighted by atomic mass is 10.1. The van der Waals surface area contributed by atoms with E-state index in [1.165, 1.54) is 0 Å². The van der Waals surface area contributed by atoms with Gasteiger partial charge in [0.05, 0.1) is 12.0 Å². The molecule has 0 radical (unpaired) electrons. The lowest BCUT2D eigenvalue weighted by molar-refractivity contribution is -0.139. The summed E-state index contributed by atoms with van der Waals surface area (Å²) in [6.07, 6.45) is 4.07. The summed E-state index contributed by atoms with van der Waals surface area (Å²) in [4.78, 5) is 10.9. The minimum atomic E-state index is -0.741. The molecule has 0 aromatic carbocycles. The van der Waals surface area contributed by atoms with Crippen LogP contribution in [0.15, 0.2) is 11.6 Å². The largest absolute Gasteiger partial charge is 0.481 e. The van der Waals surface area contributed by atoms with Crippen molar-refractivity contribution >= 4 is 5.97 Å². The van der Waals surface area contributed by atoms with E-state index < -0.39 is 5.97 Å². The van der Waals surface area contributed by atoms with Gasteiger partial charge in [0.25, 0.3) is 0 Å². The van der Waals surface area contributed by atoms with Crippen molar-refractivity contribution in [3.63, 3.8) is 0 Å². The second-order valence-corrected chi connectivity index (χ2v) is 5.17. The van der Waals surface area contributed by atoms with E-state index in [1.807, 2.05) is 19.9 Å². The topological polar surface area (TPSA) is 61.1 Å². The molecule has 0 spiro atoms. The van der Waals surface area contributed by atoms with Crippen LogP contribution < -0.4 is 0 Å². The van der Waals surface area contributed by atoms with Crippen molar-refractivity contribution in [2.75, 3.05) is 0 Å². The number of nitrogens with zero attached hydrogens (tertiary/aromatic N) is 1. The maximum atomic E-state index is 10.9. The van der Waals surface area contributed by atoms with Crippen LogP contribution in [0.1, 0.15) is 26.7 Å². The zero-order valence-corrected chi connectivity index (χ0v) is 9.03. The molecule has 2 atom stereocenters. The Balaban J connectivity index is 2.14. The van der Waals surface area contributed by atoms with Crippen LogP contribution >= 0.6 is 0 Å². The Kier molecular flexibility index (Phi) is 2.11. The molecule has 2 aliphatic carbocycles. The first-order valence-corrected chi connectivity index (χ1v) is 5.33. The first-order chi connectivity index (χ1) is 6.98. The van der Waals surface area contributed by atoms with Gasteiger partial charge in [0, 0.05) is 5.57 Å². The molecule has 0 aliphatic heterocycles. The number of nitriles is 1. The van der Waals surface area contributed by atoms with Gasteiger partial charge in [-0.25, -0.2) is 0 Å². The van der Waals surface area contributed by atoms with E-state index in [4.69, 9.17) is 10.4 Å². The van der Waals surface area contributed by atoms with Gasteiger partial charge in [-0.05, 0) is 30.1 Å². The molecule has 15 heavy (non-hydrogen) atoms. The standard InChI is InChI=1S/C12H15NO2/c1-12(2)9(10(12)11(14)15)5-8(6-13)7-3-4-7/h5,7,9-10H,3-4H2,1-2H3,(H,14,15)/b8-5+. The molecule has 0 aromatic rings. The van der Waals surface area contributed by atoms with Crippen LogP contribution in [0.2, 0.25) is 0 Å². The van der Waals surface area contributed by atoms with Crippen molar-refractivity contribution in [1.29, 1.82) is 5.26 Å². The van der Waals surface area contributed by atoms with Crippen LogP contribution in [0.4, 0.5) is 0 Å². The predicted molar refractivity (Wildman–Crippen MR) is 54.8 cm³/mol. The second-order valence-electron chi connectivity index (χ2n) is 5.17. The smallest absolute Gasteiger partial charge is 0.307 e. The average Bonchev–Trinajstić information content (AvgIpc) is 2.98. The molecule has 3 heteroatoms. The van der Waals surface area contributed by atoms with Gasteiger partial charge in [0.1, 0.15) is 0 Å². The number of carbonyl (C=O) groups is 1. The molecular formula is C12H15NO2. The average molecular weight is 205 g/mol. The highest BCUT2D eigenvalue weighted by Crippen LogP contribution is 2.60. The monoisotopic (exact) mass is 205 g/mol. The lowest BCUT2D eigenvalue weighted by Crippen LogP contribution is -2.03. The maximum absolute atomic E-state index is 10.9. The van der Waals surface area contributed by atoms with E-state index >= 15 is 0 Å². The molecule has 0 saturated heterocycles. The molecule has 0 amide bonds. The molecule has 2 rings (SSSR count). The van der Waals surface area contributed by atoms with E-state index in [0.29, 0.717) is 5.92 Å². The number of hydrogen-bond donors (Lipinski definition) is 1. The van der Waals surface area contributed by atoms with Crippen LogP contribution in [0.5, 0.6) is 0 Å². The summed E-state index contributed by atoms with van der Waals surface area (Å²) in [5.41, 5.74) is 0.625. The molecule has 0 aromatic heterocycles. The van der Waals surface area contributed by atoms with Gasteiger partial charge < -0.3 is 5.11 Å². The Morgan fingerprint density at radius 3 is 2.47 bits per heavy atom. The minimum absolute atomic E-state index is 0.0465. The maximum Gasteiger partial charge on any atom is 0.307 e. The quantitative estimate of drug-likeness (QED) is 0.718. The highest BCUT2D eigenvalue weighted by Gasteiger charge is 2.61. The number of rotatable bonds is 3. The van der Waals surface area contributed by atoms with E-state index in [2.05, 4.69) is 6.07 Å². The first kappa shape index (κ1) is 10.2. The van der Waals surface area contributed by atoms with E-state index in [-0.39, 0.29) is 17.3 Å². The fourth-order valence-corrected chi connectivity index (χ4v) is 2.31. The molecule has 2 unspecified atom stereocenters. The van der Waals surface area contributed by atoms with Gasteiger partial charge in [-0.3, -0.25) is 4.79 Å². The SMILES string of the molecule is CC1(C)C(/C=C(\C#N)C2CC2)C1C(=O)O. The highest BCUT2D eigenvalue weighted by molar-refractivity contribution is 5.76. The predicted octanol–water partition coefficient (Wildman–Crippen LogP) is 2.20. The Morgan fingerprint density at radius 1 is 1.53 bits per heavy atom. The summed E-state index contributed by atoms with van der Waals surface area (Å²) in [6, 6.07) is 2.20. The molecule has 0 heterocycles. The molecule has 2 fully saturated rings. The van der Waals surface area contributed by atoms with Crippen LogP contribution in [0.25, 0.3) is 0 Å². The lowest BCUT2D eigenvalue weighted by Gasteiger charge is -1.97. The van der Waals surface area contributed by atoms with E-state index in [9.17, 15) is 4.79 Å². The van der Waals surface area contributed by atoms with Crippen LogP contribution in [0.3, 0.4) is 0 Å². The third-order valence-corrected chi connectivity index (χ3v) is 3.68. The van der Waals surface area contributed by atoms with Gasteiger partial charge in [0.2, 0.25) is 0 Å². The number of hydrogen-bond acceptors (Lipinski definition) is 2.